The van der Waals surface area contributed by atoms with E-state index in [0.717, 1.165) is 102 Å². The van der Waals surface area contributed by atoms with Crippen LogP contribution in [0.25, 0.3) is 11.1 Å². The first-order chi connectivity index (χ1) is 32.8. The van der Waals surface area contributed by atoms with Gasteiger partial charge in [0.15, 0.2) is 0 Å². The number of hydrogen-bond acceptors (Lipinski definition) is 6. The Bertz CT molecular complexity index is 2500. The number of aryl methyl sites for hydroxylation is 4. The van der Waals surface area contributed by atoms with Gasteiger partial charge in [-0.1, -0.05) is 121 Å². The van der Waals surface area contributed by atoms with E-state index in [-0.39, 0.29) is 37.6 Å². The maximum Gasteiger partial charge on any atom is 0.132 e. The summed E-state index contributed by atoms with van der Waals surface area (Å²) in [7, 11) is 0. The molecule has 5 aliphatic rings. The summed E-state index contributed by atoms with van der Waals surface area (Å²) in [6.07, 6.45) is 22.9. The maximum absolute atomic E-state index is 10.7. The van der Waals surface area contributed by atoms with E-state index in [1.165, 1.54) is 79.2 Å². The average Bonchev–Trinajstić information content (AvgIpc) is 3.25. The summed E-state index contributed by atoms with van der Waals surface area (Å²) >= 11 is 0. The summed E-state index contributed by atoms with van der Waals surface area (Å²) in [6.45, 7) is 26.1. The first kappa shape index (κ1) is 57.1. The van der Waals surface area contributed by atoms with E-state index in [9.17, 15) is 15.3 Å². The molecular formula is C65H94O6. The smallest absolute Gasteiger partial charge is 0.132 e. The molecule has 9 rings (SSSR count). The third kappa shape index (κ3) is 12.9. The zero-order chi connectivity index (χ0) is 49.8. The van der Waals surface area contributed by atoms with Crippen molar-refractivity contribution in [2.75, 3.05) is 0 Å². The molecule has 3 heterocycles. The number of aromatic hydroxyl groups is 3. The third-order valence-corrected chi connectivity index (χ3v) is 15.9. The fourth-order valence-corrected chi connectivity index (χ4v) is 12.1. The van der Waals surface area contributed by atoms with Crippen LogP contribution in [0.5, 0.6) is 34.5 Å². The highest BCUT2D eigenvalue weighted by Crippen LogP contribution is 2.56. The Morgan fingerprint density at radius 3 is 1.63 bits per heavy atom. The second-order valence-corrected chi connectivity index (χ2v) is 22.9. The van der Waals surface area contributed by atoms with Crippen LogP contribution >= 0.6 is 0 Å². The molecule has 0 fully saturated rings. The lowest BCUT2D eigenvalue weighted by Crippen LogP contribution is -2.45. The third-order valence-electron chi connectivity index (χ3n) is 15.9. The number of rotatable bonds is 12. The monoisotopic (exact) mass is 971 g/mol. The van der Waals surface area contributed by atoms with Crippen LogP contribution in [-0.4, -0.2) is 26.5 Å². The Kier molecular flexibility index (Phi) is 19.1. The largest absolute Gasteiger partial charge is 0.508 e. The fraction of sp³-hybridized carbons (Fsp3) is 0.569. The minimum absolute atomic E-state index is 0. The summed E-state index contributed by atoms with van der Waals surface area (Å²) < 4.78 is 19.0. The van der Waals surface area contributed by atoms with Gasteiger partial charge in [0, 0.05) is 40.4 Å². The van der Waals surface area contributed by atoms with Gasteiger partial charge in [-0.3, -0.25) is 0 Å². The molecule has 6 nitrogen and oxygen atoms in total. The van der Waals surface area contributed by atoms with Gasteiger partial charge in [-0.05, 0) is 185 Å². The highest BCUT2D eigenvalue weighted by Gasteiger charge is 2.47. The van der Waals surface area contributed by atoms with Gasteiger partial charge in [-0.25, -0.2) is 0 Å². The average molecular weight is 971 g/mol. The summed E-state index contributed by atoms with van der Waals surface area (Å²) in [4.78, 5) is 0. The number of phenolic OH excluding ortho intramolecular Hbond substituents is 3. The van der Waals surface area contributed by atoms with Crippen molar-refractivity contribution < 1.29 is 29.5 Å². The number of phenols is 3. The van der Waals surface area contributed by atoms with E-state index >= 15 is 0 Å². The van der Waals surface area contributed by atoms with Crippen LogP contribution in [0.3, 0.4) is 0 Å². The van der Waals surface area contributed by atoms with Gasteiger partial charge in [-0.2, -0.15) is 0 Å². The lowest BCUT2D eigenvalue weighted by molar-refractivity contribution is 0.00748. The molecular weight excluding hydrogens is 877 g/mol. The van der Waals surface area contributed by atoms with Gasteiger partial charge in [0.25, 0.3) is 0 Å². The van der Waals surface area contributed by atoms with Crippen molar-refractivity contribution in [3.05, 3.63) is 117 Å². The van der Waals surface area contributed by atoms with Crippen molar-refractivity contribution in [2.24, 2.45) is 11.8 Å². The van der Waals surface area contributed by atoms with Crippen LogP contribution in [-0.2, 0) is 24.9 Å². The molecule has 6 heteroatoms. The van der Waals surface area contributed by atoms with Gasteiger partial charge in [0.2, 0.25) is 0 Å². The predicted molar refractivity (Wildman–Crippen MR) is 299 cm³/mol. The minimum atomic E-state index is -0.384. The van der Waals surface area contributed by atoms with E-state index in [1.807, 2.05) is 18.2 Å². The maximum atomic E-state index is 10.7. The Morgan fingerprint density at radius 1 is 0.563 bits per heavy atom. The topological polar surface area (TPSA) is 88.4 Å². The van der Waals surface area contributed by atoms with Crippen molar-refractivity contribution in [3.8, 4) is 45.6 Å². The van der Waals surface area contributed by atoms with E-state index in [1.54, 1.807) is 0 Å². The zero-order valence-electron chi connectivity index (χ0n) is 44.5. The van der Waals surface area contributed by atoms with Gasteiger partial charge in [0.05, 0.1) is 5.56 Å². The van der Waals surface area contributed by atoms with Crippen LogP contribution in [0.2, 0.25) is 0 Å². The highest BCUT2D eigenvalue weighted by atomic mass is 16.5. The van der Waals surface area contributed by atoms with Gasteiger partial charge < -0.3 is 29.5 Å². The molecule has 4 atom stereocenters. The van der Waals surface area contributed by atoms with Crippen molar-refractivity contribution in [1.29, 1.82) is 0 Å². The summed E-state index contributed by atoms with van der Waals surface area (Å²) in [5.74, 6) is 5.35. The first-order valence-corrected chi connectivity index (χ1v) is 26.9. The quantitative estimate of drug-likeness (QED) is 0.0968. The molecule has 3 N–H and O–H groups in total. The molecule has 0 amide bonds. The van der Waals surface area contributed by atoms with Crippen molar-refractivity contribution in [2.45, 2.75) is 229 Å². The van der Waals surface area contributed by atoms with E-state index in [4.69, 9.17) is 14.2 Å². The van der Waals surface area contributed by atoms with E-state index in [2.05, 4.69) is 132 Å². The lowest BCUT2D eigenvalue weighted by atomic mass is 9.67. The molecule has 390 valence electrons. The molecule has 3 aliphatic heterocycles. The molecule has 0 spiro atoms. The Morgan fingerprint density at radius 2 is 1.07 bits per heavy atom. The van der Waals surface area contributed by atoms with Crippen LogP contribution in [0.4, 0.5) is 0 Å². The van der Waals surface area contributed by atoms with Crippen LogP contribution in [0.15, 0.2) is 77.9 Å². The molecule has 2 aliphatic carbocycles. The van der Waals surface area contributed by atoms with Crippen LogP contribution in [0, 0.1) is 18.8 Å². The molecule has 0 radical (unpaired) electrons. The molecule has 0 aromatic heterocycles. The molecule has 71 heavy (non-hydrogen) atoms. The molecule has 4 aromatic carbocycles. The van der Waals surface area contributed by atoms with Gasteiger partial charge in [0.1, 0.15) is 51.3 Å². The van der Waals surface area contributed by atoms with Crippen molar-refractivity contribution >= 4 is 0 Å². The highest BCUT2D eigenvalue weighted by molar-refractivity contribution is 5.82. The van der Waals surface area contributed by atoms with Crippen molar-refractivity contribution in [1.82, 2.24) is 0 Å². The minimum Gasteiger partial charge on any atom is -0.508 e. The Hall–Kier alpha value is -4.84. The zero-order valence-corrected chi connectivity index (χ0v) is 44.5. The SMILES string of the molecule is C.C.CCCCCc1cc(O)c2c(c1)OC(C)(C)[C@@H]1CC=C(C)C[C@@H]21.CCCCCc1cc(O)c2c(c1)OC(C)(C)[C@@H]1CCC(C)=C[C@@H]21.CCCCCc1cc(O)c2c(c1)OC(C)(C)c1ccc(C)cc1-2. The lowest BCUT2D eigenvalue weighted by Gasteiger charge is -2.47. The molecule has 0 unspecified atom stereocenters. The predicted octanol–water partition coefficient (Wildman–Crippen LogP) is 18.5. The summed E-state index contributed by atoms with van der Waals surface area (Å²) in [6, 6.07) is 18.7. The molecule has 0 saturated carbocycles. The summed E-state index contributed by atoms with van der Waals surface area (Å²) in [5, 5.41) is 32.0. The fourth-order valence-electron chi connectivity index (χ4n) is 12.1. The first-order valence-electron chi connectivity index (χ1n) is 26.9. The molecule has 0 bridgehead atoms. The molecule has 4 aromatic rings. The Labute approximate surface area is 431 Å². The second kappa shape index (κ2) is 23.8. The standard InChI is InChI=1S/2C21H30O2.C21H26O2.2CH4/c3*1-5-6-7-8-15-12-18(22)20-16-11-14(2)9-10-17(16)21(3,4)23-19(20)13-15;;/h11-13,16-17,22H,5-10H2,1-4H3;9,12-13,16-17,22H,5-8,10-11H2,1-4H3;9-13,22H,5-8H2,1-4H3;2*1H4/t2*16-,17-;;;/m11.../s1. The number of unbranched alkanes of at least 4 members (excludes halogenated alkanes) is 6. The Balaban J connectivity index is 0.000000195. The number of allylic oxidation sites excluding steroid dienone is 4. The number of ether oxygens (including phenoxy) is 3. The molecule has 0 saturated heterocycles. The van der Waals surface area contributed by atoms with Crippen molar-refractivity contribution in [3.63, 3.8) is 0 Å². The number of fused-ring (bicyclic) bond motifs is 9. The summed E-state index contributed by atoms with van der Waals surface area (Å²) in [5.41, 5.74) is 12.0. The van der Waals surface area contributed by atoms with Gasteiger partial charge in [-0.15, -0.1) is 0 Å². The van der Waals surface area contributed by atoms with Gasteiger partial charge >= 0.3 is 0 Å². The van der Waals surface area contributed by atoms with E-state index < -0.39 is 0 Å². The van der Waals surface area contributed by atoms with Crippen LogP contribution in [0.1, 0.15) is 225 Å². The normalized spacial score (nSPS) is 21.1. The van der Waals surface area contributed by atoms with Crippen LogP contribution < -0.4 is 14.2 Å². The number of hydrogen-bond donors (Lipinski definition) is 3. The number of benzene rings is 4. The second-order valence-electron chi connectivity index (χ2n) is 22.9. The van der Waals surface area contributed by atoms with E-state index in [0.29, 0.717) is 35.0 Å².